The van der Waals surface area contributed by atoms with Gasteiger partial charge in [0.05, 0.1) is 25.9 Å². The number of amides is 2. The van der Waals surface area contributed by atoms with E-state index in [1.807, 2.05) is 72.5 Å². The van der Waals surface area contributed by atoms with Gasteiger partial charge in [-0.25, -0.2) is 4.79 Å². The molecule has 0 fully saturated rings. The van der Waals surface area contributed by atoms with Crippen LogP contribution in [-0.2, 0) is 6.42 Å². The van der Waals surface area contributed by atoms with Crippen LogP contribution in [0.3, 0.4) is 0 Å². The van der Waals surface area contributed by atoms with Gasteiger partial charge in [0, 0.05) is 28.2 Å². The normalized spacial score (nSPS) is 15.2. The van der Waals surface area contributed by atoms with Crippen molar-refractivity contribution in [2.24, 2.45) is 0 Å². The van der Waals surface area contributed by atoms with Crippen LogP contribution in [0.4, 0.5) is 10.5 Å². The highest BCUT2D eigenvalue weighted by molar-refractivity contribution is 6.31. The van der Waals surface area contributed by atoms with Gasteiger partial charge in [0.1, 0.15) is 11.5 Å². The predicted molar refractivity (Wildman–Crippen MR) is 135 cm³/mol. The Morgan fingerprint density at radius 3 is 2.59 bits per heavy atom. The molecule has 6 nitrogen and oxygen atoms in total. The Hall–Kier alpha value is -3.64. The van der Waals surface area contributed by atoms with Gasteiger partial charge in [-0.3, -0.25) is 0 Å². The summed E-state index contributed by atoms with van der Waals surface area (Å²) in [4.78, 5) is 19.1. The van der Waals surface area contributed by atoms with Crippen LogP contribution >= 0.6 is 11.6 Å². The first-order valence-electron chi connectivity index (χ1n) is 11.1. The molecule has 4 aromatic rings. The molecule has 1 aliphatic heterocycles. The average Bonchev–Trinajstić information content (AvgIpc) is 3.21. The van der Waals surface area contributed by atoms with Crippen molar-refractivity contribution >= 4 is 34.2 Å². The van der Waals surface area contributed by atoms with Gasteiger partial charge >= 0.3 is 6.03 Å². The molecule has 3 aromatic carbocycles. The number of benzene rings is 3. The van der Waals surface area contributed by atoms with E-state index in [2.05, 4.69) is 10.3 Å². The van der Waals surface area contributed by atoms with Crippen molar-refractivity contribution in [2.45, 2.75) is 19.4 Å². The summed E-state index contributed by atoms with van der Waals surface area (Å²) in [5.41, 5.74) is 5.88. The van der Waals surface area contributed by atoms with E-state index in [9.17, 15) is 4.79 Å². The molecule has 2 N–H and O–H groups in total. The summed E-state index contributed by atoms with van der Waals surface area (Å²) in [6.07, 6.45) is 0.723. The first kappa shape index (κ1) is 22.2. The summed E-state index contributed by atoms with van der Waals surface area (Å²) in [6.45, 7) is 2.54. The summed E-state index contributed by atoms with van der Waals surface area (Å²) in [5, 5.41) is 4.87. The fraction of sp³-hybridized carbons (Fsp3) is 0.222. The third-order valence-electron chi connectivity index (χ3n) is 6.38. The van der Waals surface area contributed by atoms with Gasteiger partial charge in [-0.05, 0) is 72.5 Å². The molecule has 7 heteroatoms. The maximum Gasteiger partial charge on any atom is 0.322 e. The number of anilines is 1. The van der Waals surface area contributed by atoms with E-state index >= 15 is 0 Å². The zero-order valence-corrected chi connectivity index (χ0v) is 20.1. The largest absolute Gasteiger partial charge is 0.497 e. The number of hydrogen-bond donors (Lipinski definition) is 2. The van der Waals surface area contributed by atoms with Crippen molar-refractivity contribution in [2.75, 3.05) is 26.1 Å². The summed E-state index contributed by atoms with van der Waals surface area (Å²) in [7, 11) is 3.24. The minimum atomic E-state index is -0.295. The smallest absolute Gasteiger partial charge is 0.322 e. The number of halogens is 1. The minimum Gasteiger partial charge on any atom is -0.497 e. The molecule has 1 aliphatic rings. The van der Waals surface area contributed by atoms with Gasteiger partial charge in [0.25, 0.3) is 0 Å². The van der Waals surface area contributed by atoms with Crippen LogP contribution in [-0.4, -0.2) is 36.7 Å². The van der Waals surface area contributed by atoms with E-state index in [-0.39, 0.29) is 12.1 Å². The summed E-state index contributed by atoms with van der Waals surface area (Å²) in [5.74, 6) is 1.39. The van der Waals surface area contributed by atoms with Crippen molar-refractivity contribution in [3.63, 3.8) is 0 Å². The molecule has 0 spiro atoms. The molecule has 0 bridgehead atoms. The molecule has 5 rings (SSSR count). The number of urea groups is 1. The molecule has 0 unspecified atom stereocenters. The van der Waals surface area contributed by atoms with Gasteiger partial charge < -0.3 is 24.7 Å². The van der Waals surface area contributed by atoms with Crippen LogP contribution in [0.1, 0.15) is 28.4 Å². The number of H-pyrrole nitrogens is 1. The Bertz CT molecular complexity index is 1360. The molecule has 0 aliphatic carbocycles. The number of aromatic amines is 1. The Labute approximate surface area is 203 Å². The van der Waals surface area contributed by atoms with Crippen LogP contribution in [0.15, 0.2) is 60.7 Å². The Kier molecular flexibility index (Phi) is 5.84. The number of rotatable bonds is 4. The monoisotopic (exact) mass is 475 g/mol. The number of ether oxygens (including phenoxy) is 2. The van der Waals surface area contributed by atoms with Crippen molar-refractivity contribution in [1.82, 2.24) is 9.88 Å². The van der Waals surface area contributed by atoms with Gasteiger partial charge in [0.2, 0.25) is 0 Å². The molecule has 0 saturated carbocycles. The summed E-state index contributed by atoms with van der Waals surface area (Å²) >= 11 is 6.30. The second-order valence-electron chi connectivity index (χ2n) is 8.46. The second kappa shape index (κ2) is 8.95. The zero-order valence-electron chi connectivity index (χ0n) is 19.3. The van der Waals surface area contributed by atoms with Crippen LogP contribution in [0, 0.1) is 6.92 Å². The number of nitrogens with zero attached hydrogens (tertiary/aromatic N) is 1. The number of carbonyl (C=O) groups is 1. The first-order valence-corrected chi connectivity index (χ1v) is 11.5. The van der Waals surface area contributed by atoms with E-state index in [4.69, 9.17) is 21.1 Å². The van der Waals surface area contributed by atoms with Crippen LogP contribution < -0.4 is 14.8 Å². The average molecular weight is 476 g/mol. The van der Waals surface area contributed by atoms with E-state index in [0.29, 0.717) is 23.0 Å². The van der Waals surface area contributed by atoms with E-state index in [1.54, 1.807) is 14.2 Å². The van der Waals surface area contributed by atoms with E-state index in [1.165, 1.54) is 5.56 Å². The van der Waals surface area contributed by atoms with Gasteiger partial charge in [0.15, 0.2) is 0 Å². The molecule has 0 radical (unpaired) electrons. The highest BCUT2D eigenvalue weighted by Gasteiger charge is 2.35. The summed E-state index contributed by atoms with van der Waals surface area (Å²) < 4.78 is 10.8. The number of fused-ring (bicyclic) bond motifs is 3. The Morgan fingerprint density at radius 1 is 1.06 bits per heavy atom. The van der Waals surface area contributed by atoms with Gasteiger partial charge in [-0.2, -0.15) is 0 Å². The molecular weight excluding hydrogens is 450 g/mol. The highest BCUT2D eigenvalue weighted by atomic mass is 35.5. The molecule has 1 aromatic heterocycles. The minimum absolute atomic E-state index is 0.188. The Balaban J connectivity index is 1.58. The maximum absolute atomic E-state index is 13.6. The van der Waals surface area contributed by atoms with Gasteiger partial charge in [-0.15, -0.1) is 0 Å². The molecule has 174 valence electrons. The number of nitrogens with one attached hydrogen (secondary N) is 2. The summed E-state index contributed by atoms with van der Waals surface area (Å²) in [6, 6.07) is 19.0. The molecule has 1 atom stereocenters. The third-order valence-corrected chi connectivity index (χ3v) is 6.61. The fourth-order valence-electron chi connectivity index (χ4n) is 4.72. The lowest BCUT2D eigenvalue weighted by Gasteiger charge is -2.36. The van der Waals surface area contributed by atoms with E-state index < -0.39 is 0 Å². The lowest BCUT2D eigenvalue weighted by molar-refractivity contribution is 0.193. The first-order chi connectivity index (χ1) is 16.5. The lowest BCUT2D eigenvalue weighted by atomic mass is 9.92. The van der Waals surface area contributed by atoms with Gasteiger partial charge in [-0.1, -0.05) is 29.8 Å². The number of aromatic nitrogens is 1. The SMILES string of the molecule is COc1ccc([C@@H]2c3[nH]c4ccc(Cl)cc4c3CCN2C(=O)Nc2cc(C)ccc2OC)cc1. The Morgan fingerprint density at radius 2 is 1.85 bits per heavy atom. The lowest BCUT2D eigenvalue weighted by Crippen LogP contribution is -2.43. The highest BCUT2D eigenvalue weighted by Crippen LogP contribution is 2.40. The topological polar surface area (TPSA) is 66.6 Å². The van der Waals surface area contributed by atoms with Crippen molar-refractivity contribution in [3.8, 4) is 11.5 Å². The fourth-order valence-corrected chi connectivity index (χ4v) is 4.89. The van der Waals surface area contributed by atoms with Crippen molar-refractivity contribution in [3.05, 3.63) is 88.1 Å². The quantitative estimate of drug-likeness (QED) is 0.362. The van der Waals surface area contributed by atoms with Crippen molar-refractivity contribution in [1.29, 1.82) is 0 Å². The van der Waals surface area contributed by atoms with Crippen LogP contribution in [0.2, 0.25) is 5.02 Å². The van der Waals surface area contributed by atoms with Crippen LogP contribution in [0.25, 0.3) is 10.9 Å². The maximum atomic E-state index is 13.6. The van der Waals surface area contributed by atoms with E-state index in [0.717, 1.165) is 39.9 Å². The molecule has 34 heavy (non-hydrogen) atoms. The molecular formula is C27H26ClN3O3. The number of carbonyl (C=O) groups excluding carboxylic acids is 1. The number of methoxy groups -OCH3 is 2. The molecule has 0 saturated heterocycles. The standard InChI is InChI=1S/C27H26ClN3O3/c1-16-4-11-24(34-3)23(14-16)30-27(32)31-13-12-20-21-15-18(28)7-10-22(21)29-25(20)26(31)17-5-8-19(33-2)9-6-17/h4-11,14-15,26,29H,12-13H2,1-3H3,(H,30,32)/t26-/m1/s1. The zero-order chi connectivity index (χ0) is 23.8. The second-order valence-corrected chi connectivity index (χ2v) is 8.90. The third kappa shape index (κ3) is 3.94. The molecule has 2 heterocycles. The number of hydrogen-bond acceptors (Lipinski definition) is 3. The number of aryl methyl sites for hydroxylation is 1. The predicted octanol–water partition coefficient (Wildman–Crippen LogP) is 6.33. The van der Waals surface area contributed by atoms with Crippen molar-refractivity contribution < 1.29 is 14.3 Å². The van der Waals surface area contributed by atoms with Crippen LogP contribution in [0.5, 0.6) is 11.5 Å². The molecule has 2 amide bonds.